The molecule has 110 valence electrons. The van der Waals surface area contributed by atoms with Crippen LogP contribution in [0.1, 0.15) is 5.56 Å². The molecule has 0 unspecified atom stereocenters. The second kappa shape index (κ2) is 6.78. The van der Waals surface area contributed by atoms with E-state index >= 15 is 0 Å². The summed E-state index contributed by atoms with van der Waals surface area (Å²) < 4.78 is 37.9. The van der Waals surface area contributed by atoms with Gasteiger partial charge in [-0.3, -0.25) is 4.79 Å². The van der Waals surface area contributed by atoms with E-state index in [2.05, 4.69) is 5.32 Å². The number of hydrogen-bond acceptors (Lipinski definition) is 2. The normalized spacial score (nSPS) is 11.8. The molecule has 0 saturated carbocycles. The van der Waals surface area contributed by atoms with Gasteiger partial charge in [0, 0.05) is 12.1 Å². The van der Waals surface area contributed by atoms with Crippen molar-refractivity contribution in [2.24, 2.45) is 0 Å². The molecular weight excluding hydrogens is 281 g/mol. The molecule has 2 aromatic rings. The Labute approximate surface area is 119 Å². The number of anilines is 1. The van der Waals surface area contributed by atoms with Crippen LogP contribution in [0.2, 0.25) is 0 Å². The summed E-state index contributed by atoms with van der Waals surface area (Å²) in [4.78, 5) is 11.6. The minimum atomic E-state index is -1.44. The van der Waals surface area contributed by atoms with Crippen molar-refractivity contribution in [2.75, 3.05) is 5.32 Å². The molecule has 6 heteroatoms. The maximum absolute atomic E-state index is 12.8. The molecule has 1 N–H and O–H groups in total. The van der Waals surface area contributed by atoms with E-state index in [0.717, 1.165) is 5.56 Å². The minimum Gasteiger partial charge on any atom is -0.373 e. The van der Waals surface area contributed by atoms with E-state index in [1.54, 1.807) is 30.3 Å². The standard InChI is InChI=1S/C15H13F3N2O/c16-12-6-8-13(9-7-12)19-14(15(21)20(17)18)10-11-4-2-1-3-5-11/h1-9,14,19H,10H2/t14-/m0/s1. The first-order chi connectivity index (χ1) is 10.1. The molecular formula is C15H13F3N2O. The van der Waals surface area contributed by atoms with Crippen molar-refractivity contribution < 1.29 is 18.1 Å². The van der Waals surface area contributed by atoms with E-state index in [1.165, 1.54) is 24.3 Å². The van der Waals surface area contributed by atoms with Crippen molar-refractivity contribution in [1.82, 2.24) is 5.34 Å². The van der Waals surface area contributed by atoms with Gasteiger partial charge in [-0.05, 0) is 35.2 Å². The van der Waals surface area contributed by atoms with Crippen molar-refractivity contribution in [3.8, 4) is 0 Å². The number of hydrogen-bond donors (Lipinski definition) is 1. The first-order valence-corrected chi connectivity index (χ1v) is 6.28. The summed E-state index contributed by atoms with van der Waals surface area (Å²) in [6, 6.07) is 12.8. The topological polar surface area (TPSA) is 32.3 Å². The summed E-state index contributed by atoms with van der Waals surface area (Å²) in [5.74, 6) is -1.78. The van der Waals surface area contributed by atoms with Crippen LogP contribution in [-0.4, -0.2) is 17.3 Å². The third-order valence-electron chi connectivity index (χ3n) is 2.93. The largest absolute Gasteiger partial charge is 0.373 e. The summed E-state index contributed by atoms with van der Waals surface area (Å²) in [6.45, 7) is 0. The van der Waals surface area contributed by atoms with Gasteiger partial charge < -0.3 is 5.32 Å². The van der Waals surface area contributed by atoms with Gasteiger partial charge >= 0.3 is 5.91 Å². The Morgan fingerprint density at radius 1 is 1.05 bits per heavy atom. The Balaban J connectivity index is 2.16. The van der Waals surface area contributed by atoms with Gasteiger partial charge in [0.15, 0.2) is 0 Å². The predicted molar refractivity (Wildman–Crippen MR) is 73.0 cm³/mol. The van der Waals surface area contributed by atoms with Crippen LogP contribution < -0.4 is 5.32 Å². The van der Waals surface area contributed by atoms with E-state index in [0.29, 0.717) is 5.69 Å². The number of rotatable bonds is 5. The summed E-state index contributed by atoms with van der Waals surface area (Å²) in [5, 5.41) is 1.26. The Morgan fingerprint density at radius 2 is 1.67 bits per heavy atom. The van der Waals surface area contributed by atoms with Gasteiger partial charge in [0.25, 0.3) is 0 Å². The van der Waals surface area contributed by atoms with Gasteiger partial charge in [0.1, 0.15) is 11.9 Å². The molecule has 0 saturated heterocycles. The minimum absolute atomic E-state index is 0.0986. The lowest BCUT2D eigenvalue weighted by molar-refractivity contribution is -0.188. The highest BCUT2D eigenvalue weighted by Gasteiger charge is 2.25. The highest BCUT2D eigenvalue weighted by molar-refractivity contribution is 5.83. The highest BCUT2D eigenvalue weighted by Crippen LogP contribution is 2.14. The van der Waals surface area contributed by atoms with Gasteiger partial charge in [-0.25, -0.2) is 4.39 Å². The van der Waals surface area contributed by atoms with Crippen LogP contribution >= 0.6 is 0 Å². The lowest BCUT2D eigenvalue weighted by atomic mass is 10.1. The molecule has 2 rings (SSSR count). The van der Waals surface area contributed by atoms with Gasteiger partial charge in [0.2, 0.25) is 0 Å². The Morgan fingerprint density at radius 3 is 2.24 bits per heavy atom. The van der Waals surface area contributed by atoms with Crippen LogP contribution in [0.25, 0.3) is 0 Å². The van der Waals surface area contributed by atoms with E-state index in [-0.39, 0.29) is 6.42 Å². The fourth-order valence-electron chi connectivity index (χ4n) is 1.91. The van der Waals surface area contributed by atoms with Crippen molar-refractivity contribution >= 4 is 11.6 Å². The molecule has 0 aliphatic rings. The first-order valence-electron chi connectivity index (χ1n) is 6.28. The lowest BCUT2D eigenvalue weighted by Gasteiger charge is -2.18. The van der Waals surface area contributed by atoms with Gasteiger partial charge in [-0.2, -0.15) is 0 Å². The molecule has 1 atom stereocenters. The molecule has 2 aromatic carbocycles. The molecule has 3 nitrogen and oxygen atoms in total. The number of carbonyl (C=O) groups excluding carboxylic acids is 1. The fourth-order valence-corrected chi connectivity index (χ4v) is 1.91. The number of carbonyl (C=O) groups is 1. The van der Waals surface area contributed by atoms with Crippen molar-refractivity contribution in [1.29, 1.82) is 0 Å². The second-order valence-electron chi connectivity index (χ2n) is 4.46. The highest BCUT2D eigenvalue weighted by atomic mass is 19.4. The first kappa shape index (κ1) is 14.9. The average Bonchev–Trinajstić information content (AvgIpc) is 2.49. The van der Waals surface area contributed by atoms with Crippen LogP contribution in [0.5, 0.6) is 0 Å². The smallest absolute Gasteiger partial charge is 0.306 e. The van der Waals surface area contributed by atoms with Crippen LogP contribution in [0, 0.1) is 5.82 Å². The number of halogens is 3. The van der Waals surface area contributed by atoms with E-state index in [1.807, 2.05) is 0 Å². The molecule has 0 radical (unpaired) electrons. The second-order valence-corrected chi connectivity index (χ2v) is 4.46. The molecule has 0 aromatic heterocycles. The summed E-state index contributed by atoms with van der Waals surface area (Å²) >= 11 is 0. The Hall–Kier alpha value is -2.50. The average molecular weight is 294 g/mol. The Kier molecular flexibility index (Phi) is 4.81. The SMILES string of the molecule is O=C([C@H](Cc1ccccc1)Nc1ccc(F)cc1)N(F)F. The number of amides is 1. The van der Waals surface area contributed by atoms with Gasteiger partial charge in [0.05, 0.1) is 0 Å². The molecule has 0 spiro atoms. The molecule has 1 amide bonds. The summed E-state index contributed by atoms with van der Waals surface area (Å²) in [6.07, 6.45) is 0.0986. The van der Waals surface area contributed by atoms with Crippen LogP contribution in [0.15, 0.2) is 54.6 Å². The third-order valence-corrected chi connectivity index (χ3v) is 2.93. The number of nitrogens with one attached hydrogen (secondary N) is 1. The summed E-state index contributed by atoms with van der Waals surface area (Å²) in [5.41, 5.74) is 1.14. The van der Waals surface area contributed by atoms with Crippen molar-refractivity contribution in [3.05, 3.63) is 66.0 Å². The third kappa shape index (κ3) is 4.24. The Bertz CT molecular complexity index is 588. The molecule has 21 heavy (non-hydrogen) atoms. The molecule has 0 aliphatic heterocycles. The maximum Gasteiger partial charge on any atom is 0.306 e. The van der Waals surface area contributed by atoms with E-state index in [9.17, 15) is 18.1 Å². The molecule has 0 bridgehead atoms. The fraction of sp³-hybridized carbons (Fsp3) is 0.133. The van der Waals surface area contributed by atoms with Gasteiger partial charge in [-0.1, -0.05) is 39.3 Å². The maximum atomic E-state index is 12.8. The van der Waals surface area contributed by atoms with Crippen molar-refractivity contribution in [2.45, 2.75) is 12.5 Å². The lowest BCUT2D eigenvalue weighted by Crippen LogP contribution is -2.37. The number of nitrogens with zero attached hydrogens (tertiary/aromatic N) is 1. The zero-order chi connectivity index (χ0) is 15.2. The zero-order valence-corrected chi connectivity index (χ0v) is 11.0. The molecule has 0 fully saturated rings. The molecule has 0 heterocycles. The number of benzene rings is 2. The predicted octanol–water partition coefficient (Wildman–Crippen LogP) is 3.45. The van der Waals surface area contributed by atoms with E-state index in [4.69, 9.17) is 0 Å². The quantitative estimate of drug-likeness (QED) is 0.857. The van der Waals surface area contributed by atoms with Crippen LogP contribution in [-0.2, 0) is 11.2 Å². The van der Waals surface area contributed by atoms with Gasteiger partial charge in [-0.15, -0.1) is 0 Å². The van der Waals surface area contributed by atoms with Crippen LogP contribution in [0.4, 0.5) is 19.0 Å². The summed E-state index contributed by atoms with van der Waals surface area (Å²) in [7, 11) is 0. The molecule has 0 aliphatic carbocycles. The monoisotopic (exact) mass is 294 g/mol. The van der Waals surface area contributed by atoms with Crippen LogP contribution in [0.3, 0.4) is 0 Å². The zero-order valence-electron chi connectivity index (χ0n) is 11.0. The van der Waals surface area contributed by atoms with Crippen molar-refractivity contribution in [3.63, 3.8) is 0 Å². The van der Waals surface area contributed by atoms with E-state index < -0.39 is 23.1 Å².